The van der Waals surface area contributed by atoms with Crippen molar-refractivity contribution in [2.75, 3.05) is 25.5 Å². The second-order valence-electron chi connectivity index (χ2n) is 6.32. The molecule has 0 bridgehead atoms. The molecule has 0 aliphatic carbocycles. The number of rotatable bonds is 4. The molecule has 1 N–H and O–H groups in total. The second kappa shape index (κ2) is 6.74. The molecule has 1 aromatic heterocycles. The zero-order valence-electron chi connectivity index (χ0n) is 13.5. The highest BCUT2D eigenvalue weighted by molar-refractivity contribution is 5.89. The van der Waals surface area contributed by atoms with Crippen LogP contribution in [0.4, 0.5) is 14.6 Å². The maximum atomic E-state index is 13.1. The van der Waals surface area contributed by atoms with Crippen molar-refractivity contribution in [3.63, 3.8) is 0 Å². The van der Waals surface area contributed by atoms with Gasteiger partial charge < -0.3 is 10.2 Å². The van der Waals surface area contributed by atoms with Crippen LogP contribution < -0.4 is 5.32 Å². The van der Waals surface area contributed by atoms with Crippen LogP contribution in [-0.4, -0.2) is 41.0 Å². The average molecular weight is 320 g/mol. The highest BCUT2D eigenvalue weighted by atomic mass is 19.3. The first-order valence-corrected chi connectivity index (χ1v) is 8.04. The Morgan fingerprint density at radius 3 is 2.57 bits per heavy atom. The van der Waals surface area contributed by atoms with E-state index in [2.05, 4.69) is 34.2 Å². The molecular weight excluding hydrogens is 298 g/mol. The van der Waals surface area contributed by atoms with E-state index in [1.807, 2.05) is 12.1 Å². The van der Waals surface area contributed by atoms with Gasteiger partial charge in [0.15, 0.2) is 5.82 Å². The zero-order valence-corrected chi connectivity index (χ0v) is 13.5. The molecule has 0 unspecified atom stereocenters. The third kappa shape index (κ3) is 3.58. The van der Waals surface area contributed by atoms with E-state index < -0.39 is 12.2 Å². The molecule has 2 heterocycles. The van der Waals surface area contributed by atoms with Gasteiger partial charge in [0.1, 0.15) is 5.82 Å². The van der Waals surface area contributed by atoms with E-state index in [1.54, 1.807) is 12.1 Å². The lowest BCUT2D eigenvalue weighted by Gasteiger charge is -2.33. The van der Waals surface area contributed by atoms with E-state index in [9.17, 15) is 8.78 Å². The summed E-state index contributed by atoms with van der Waals surface area (Å²) in [6, 6.07) is 7.48. The topological polar surface area (TPSA) is 41.1 Å². The SMILES string of the molecule is C[C@H](Nc1nc(C(F)F)nc2ccccc12)C1CCN(C)CC1. The molecule has 1 aliphatic rings. The van der Waals surface area contributed by atoms with Crippen molar-refractivity contribution in [1.82, 2.24) is 14.9 Å². The van der Waals surface area contributed by atoms with Crippen molar-refractivity contribution < 1.29 is 8.78 Å². The van der Waals surface area contributed by atoms with Crippen molar-refractivity contribution >= 4 is 16.7 Å². The Kier molecular flexibility index (Phi) is 4.71. The third-order valence-corrected chi connectivity index (χ3v) is 4.65. The molecule has 1 aromatic carbocycles. The van der Waals surface area contributed by atoms with Gasteiger partial charge in [0.2, 0.25) is 0 Å². The molecule has 4 nitrogen and oxygen atoms in total. The molecule has 23 heavy (non-hydrogen) atoms. The van der Waals surface area contributed by atoms with Gasteiger partial charge in [0.05, 0.1) is 5.52 Å². The Labute approximate surface area is 134 Å². The zero-order chi connectivity index (χ0) is 16.4. The van der Waals surface area contributed by atoms with Crippen molar-refractivity contribution in [3.05, 3.63) is 30.1 Å². The molecule has 124 valence electrons. The molecule has 0 spiro atoms. The Bertz CT molecular complexity index is 669. The number of hydrogen-bond donors (Lipinski definition) is 1. The minimum Gasteiger partial charge on any atom is -0.367 e. The molecule has 1 saturated heterocycles. The fourth-order valence-corrected chi connectivity index (χ4v) is 3.16. The van der Waals surface area contributed by atoms with Crippen molar-refractivity contribution in [3.8, 4) is 0 Å². The highest BCUT2D eigenvalue weighted by Crippen LogP contribution is 2.27. The number of hydrogen-bond acceptors (Lipinski definition) is 4. The van der Waals surface area contributed by atoms with Crippen LogP contribution in [0.25, 0.3) is 10.9 Å². The van der Waals surface area contributed by atoms with Gasteiger partial charge in [-0.1, -0.05) is 12.1 Å². The first-order valence-electron chi connectivity index (χ1n) is 8.04. The quantitative estimate of drug-likeness (QED) is 0.932. The first-order chi connectivity index (χ1) is 11.0. The van der Waals surface area contributed by atoms with Crippen LogP contribution in [0.2, 0.25) is 0 Å². The number of anilines is 1. The molecule has 6 heteroatoms. The predicted octanol–water partition coefficient (Wildman–Crippen LogP) is 3.71. The molecular formula is C17H22F2N4. The standard InChI is InChI=1S/C17H22F2N4/c1-11(12-7-9-23(2)10-8-12)20-16-13-5-3-4-6-14(13)21-17(22-16)15(18)19/h3-6,11-12,15H,7-10H2,1-2H3,(H,20,21,22)/t11-/m0/s1. The van der Waals surface area contributed by atoms with Gasteiger partial charge in [0, 0.05) is 11.4 Å². The number of alkyl halides is 2. The lowest BCUT2D eigenvalue weighted by atomic mass is 9.90. The van der Waals surface area contributed by atoms with E-state index in [0.29, 0.717) is 17.3 Å². The number of fused-ring (bicyclic) bond motifs is 1. The van der Waals surface area contributed by atoms with E-state index in [0.717, 1.165) is 31.3 Å². The Morgan fingerprint density at radius 1 is 1.17 bits per heavy atom. The summed E-state index contributed by atoms with van der Waals surface area (Å²) in [6.07, 6.45) is -0.455. The van der Waals surface area contributed by atoms with Crippen molar-refractivity contribution in [2.45, 2.75) is 32.2 Å². The summed E-state index contributed by atoms with van der Waals surface area (Å²) in [5, 5.41) is 4.15. The van der Waals surface area contributed by atoms with Gasteiger partial charge in [-0.05, 0) is 58.0 Å². The molecule has 1 aliphatic heterocycles. The van der Waals surface area contributed by atoms with Gasteiger partial charge in [-0.15, -0.1) is 0 Å². The highest BCUT2D eigenvalue weighted by Gasteiger charge is 2.23. The number of piperidine rings is 1. The van der Waals surface area contributed by atoms with Crippen LogP contribution in [0.15, 0.2) is 24.3 Å². The normalized spacial score (nSPS) is 18.5. The molecule has 0 saturated carbocycles. The minimum absolute atomic E-state index is 0.188. The predicted molar refractivity (Wildman–Crippen MR) is 87.8 cm³/mol. The summed E-state index contributed by atoms with van der Waals surface area (Å²) < 4.78 is 26.1. The number of benzene rings is 1. The molecule has 3 rings (SSSR count). The van der Waals surface area contributed by atoms with Gasteiger partial charge in [-0.3, -0.25) is 0 Å². The Morgan fingerprint density at radius 2 is 1.87 bits per heavy atom. The average Bonchev–Trinajstić information content (AvgIpc) is 2.55. The maximum Gasteiger partial charge on any atom is 0.297 e. The van der Waals surface area contributed by atoms with E-state index in [4.69, 9.17) is 0 Å². The largest absolute Gasteiger partial charge is 0.367 e. The lowest BCUT2D eigenvalue weighted by molar-refractivity contribution is 0.141. The van der Waals surface area contributed by atoms with Crippen LogP contribution in [0, 0.1) is 5.92 Å². The summed E-state index contributed by atoms with van der Waals surface area (Å²) in [7, 11) is 2.13. The summed E-state index contributed by atoms with van der Waals surface area (Å²) in [5.74, 6) is 0.619. The summed E-state index contributed by atoms with van der Waals surface area (Å²) in [4.78, 5) is 10.3. The van der Waals surface area contributed by atoms with Crippen LogP contribution >= 0.6 is 0 Å². The maximum absolute atomic E-state index is 13.1. The summed E-state index contributed by atoms with van der Waals surface area (Å²) in [5.41, 5.74) is 0.552. The van der Waals surface area contributed by atoms with Gasteiger partial charge >= 0.3 is 0 Å². The molecule has 2 aromatic rings. The van der Waals surface area contributed by atoms with E-state index in [1.165, 1.54) is 0 Å². The van der Waals surface area contributed by atoms with Gasteiger partial charge in [-0.25, -0.2) is 18.7 Å². The van der Waals surface area contributed by atoms with E-state index in [-0.39, 0.29) is 6.04 Å². The number of halogens is 2. The fraction of sp³-hybridized carbons (Fsp3) is 0.529. The van der Waals surface area contributed by atoms with Gasteiger partial charge in [0.25, 0.3) is 6.43 Å². The number of para-hydroxylation sites is 1. The van der Waals surface area contributed by atoms with E-state index >= 15 is 0 Å². The fourth-order valence-electron chi connectivity index (χ4n) is 3.16. The third-order valence-electron chi connectivity index (χ3n) is 4.65. The smallest absolute Gasteiger partial charge is 0.297 e. The number of nitrogens with zero attached hydrogens (tertiary/aromatic N) is 3. The number of likely N-dealkylation sites (tertiary alicyclic amines) is 1. The minimum atomic E-state index is -2.67. The first kappa shape index (κ1) is 16.1. The van der Waals surface area contributed by atoms with Crippen LogP contribution in [0.5, 0.6) is 0 Å². The molecule has 0 radical (unpaired) electrons. The van der Waals surface area contributed by atoms with Crippen molar-refractivity contribution in [1.29, 1.82) is 0 Å². The van der Waals surface area contributed by atoms with Crippen LogP contribution in [0.1, 0.15) is 32.0 Å². The molecule has 0 amide bonds. The molecule has 1 fully saturated rings. The second-order valence-corrected chi connectivity index (χ2v) is 6.32. The van der Waals surface area contributed by atoms with Crippen molar-refractivity contribution in [2.24, 2.45) is 5.92 Å². The lowest BCUT2D eigenvalue weighted by Crippen LogP contribution is -2.37. The number of nitrogens with one attached hydrogen (secondary N) is 1. The van der Waals surface area contributed by atoms with Gasteiger partial charge in [-0.2, -0.15) is 0 Å². The monoisotopic (exact) mass is 320 g/mol. The summed E-state index contributed by atoms with van der Waals surface area (Å²) >= 11 is 0. The molecule has 1 atom stereocenters. The van der Waals surface area contributed by atoms with Crippen LogP contribution in [-0.2, 0) is 0 Å². The number of aromatic nitrogens is 2. The summed E-state index contributed by atoms with van der Waals surface area (Å²) in [6.45, 7) is 4.25. The Balaban J connectivity index is 1.86. The Hall–Kier alpha value is -1.82. The van der Waals surface area contributed by atoms with Crippen LogP contribution in [0.3, 0.4) is 0 Å².